The van der Waals surface area contributed by atoms with Crippen LogP contribution in [-0.2, 0) is 9.63 Å². The maximum atomic E-state index is 10.1. The number of oxime groups is 1. The summed E-state index contributed by atoms with van der Waals surface area (Å²) in [7, 11) is 5.44. The molecule has 0 spiro atoms. The Bertz CT molecular complexity index is 789. The van der Waals surface area contributed by atoms with Crippen LogP contribution >= 0.6 is 0 Å². The Balaban J connectivity index is 0.000000221. The topological polar surface area (TPSA) is 121 Å². The number of hydrogen-bond donors (Lipinski definition) is 3. The van der Waals surface area contributed by atoms with E-state index in [1.807, 2.05) is 43.3 Å². The van der Waals surface area contributed by atoms with Gasteiger partial charge in [0.15, 0.2) is 0 Å². The highest BCUT2D eigenvalue weighted by Gasteiger charge is 2.17. The summed E-state index contributed by atoms with van der Waals surface area (Å²) in [5, 5.41) is 9.59. The summed E-state index contributed by atoms with van der Waals surface area (Å²) in [4.78, 5) is 27.1. The lowest BCUT2D eigenvalue weighted by Gasteiger charge is -2.29. The minimum absolute atomic E-state index is 0.411. The van der Waals surface area contributed by atoms with E-state index >= 15 is 0 Å². The van der Waals surface area contributed by atoms with Gasteiger partial charge in [-0.15, -0.1) is 0 Å². The average Bonchev–Trinajstić information content (AvgIpc) is 2.74. The number of benzene rings is 1. The van der Waals surface area contributed by atoms with E-state index < -0.39 is 0 Å². The van der Waals surface area contributed by atoms with Gasteiger partial charge in [-0.05, 0) is 24.3 Å². The lowest BCUT2D eigenvalue weighted by molar-refractivity contribution is -0.105. The van der Waals surface area contributed by atoms with Gasteiger partial charge in [-0.1, -0.05) is 5.16 Å². The van der Waals surface area contributed by atoms with E-state index in [9.17, 15) is 4.79 Å². The van der Waals surface area contributed by atoms with Crippen LogP contribution in [0.3, 0.4) is 0 Å². The van der Waals surface area contributed by atoms with Crippen molar-refractivity contribution in [2.24, 2.45) is 5.16 Å². The molecule has 3 rings (SSSR count). The third-order valence-electron chi connectivity index (χ3n) is 4.21. The second kappa shape index (κ2) is 11.4. The number of carbonyl (C=O) groups excluding carboxylic acids is 1. The highest BCUT2D eigenvalue weighted by atomic mass is 16.6. The summed E-state index contributed by atoms with van der Waals surface area (Å²) >= 11 is 0. The van der Waals surface area contributed by atoms with E-state index in [4.69, 9.17) is 5.73 Å². The van der Waals surface area contributed by atoms with Crippen molar-refractivity contribution < 1.29 is 9.63 Å². The van der Waals surface area contributed by atoms with Gasteiger partial charge in [-0.2, -0.15) is 0 Å². The third kappa shape index (κ3) is 6.61. The van der Waals surface area contributed by atoms with Crippen molar-refractivity contribution in [1.82, 2.24) is 15.3 Å². The molecule has 2 heterocycles. The monoisotopic (exact) mass is 400 g/mol. The number of rotatable bonds is 6. The van der Waals surface area contributed by atoms with Crippen molar-refractivity contribution in [2.45, 2.75) is 0 Å². The molecule has 10 heteroatoms. The first-order valence-corrected chi connectivity index (χ1v) is 9.17. The molecule has 29 heavy (non-hydrogen) atoms. The van der Waals surface area contributed by atoms with E-state index in [1.165, 1.54) is 13.4 Å². The Kier molecular flexibility index (Phi) is 8.64. The Labute approximate surface area is 170 Å². The minimum Gasteiger partial charge on any atom is -0.399 e. The molecule has 0 bridgehead atoms. The number of carbonyl (C=O) groups is 1. The zero-order valence-corrected chi connectivity index (χ0v) is 17.0. The van der Waals surface area contributed by atoms with Gasteiger partial charge < -0.3 is 31.0 Å². The summed E-state index contributed by atoms with van der Waals surface area (Å²) in [6.45, 7) is 3.66. The van der Waals surface area contributed by atoms with Crippen LogP contribution in [0.2, 0.25) is 0 Å². The largest absolute Gasteiger partial charge is 0.399 e. The van der Waals surface area contributed by atoms with Crippen LogP contribution in [0, 0.1) is 0 Å². The van der Waals surface area contributed by atoms with Crippen LogP contribution in [0.1, 0.15) is 5.56 Å². The van der Waals surface area contributed by atoms with E-state index in [1.54, 1.807) is 6.21 Å². The van der Waals surface area contributed by atoms with Gasteiger partial charge in [-0.25, -0.2) is 9.97 Å². The van der Waals surface area contributed by atoms with Crippen LogP contribution in [-0.4, -0.2) is 70.0 Å². The number of amides is 1. The first-order chi connectivity index (χ1) is 14.1. The molecule has 4 N–H and O–H groups in total. The van der Waals surface area contributed by atoms with Crippen molar-refractivity contribution in [2.75, 3.05) is 68.2 Å². The van der Waals surface area contributed by atoms with Gasteiger partial charge >= 0.3 is 0 Å². The van der Waals surface area contributed by atoms with Crippen molar-refractivity contribution in [3.05, 3.63) is 36.2 Å². The summed E-state index contributed by atoms with van der Waals surface area (Å²) < 4.78 is 0. The highest BCUT2D eigenvalue weighted by Crippen LogP contribution is 2.19. The summed E-state index contributed by atoms with van der Waals surface area (Å²) in [5.74, 6) is 1.22. The first-order valence-electron chi connectivity index (χ1n) is 9.17. The summed E-state index contributed by atoms with van der Waals surface area (Å²) in [6, 6.07) is 7.63. The summed E-state index contributed by atoms with van der Waals surface area (Å²) in [6.07, 6.45) is 3.69. The number of nitrogens with two attached hydrogens (primary N) is 1. The fourth-order valence-electron chi connectivity index (χ4n) is 2.68. The van der Waals surface area contributed by atoms with E-state index in [0.717, 1.165) is 43.4 Å². The Morgan fingerprint density at radius 3 is 2.52 bits per heavy atom. The molecule has 1 saturated heterocycles. The smallest absolute Gasteiger partial charge is 0.211 e. The van der Waals surface area contributed by atoms with Crippen molar-refractivity contribution in [1.29, 1.82) is 0 Å². The molecule has 0 atom stereocenters. The molecule has 1 aliphatic heterocycles. The second-order valence-electron chi connectivity index (χ2n) is 6.35. The molecule has 156 valence electrons. The van der Waals surface area contributed by atoms with Crippen LogP contribution in [0.5, 0.6) is 0 Å². The normalized spacial score (nSPS) is 13.4. The number of anilines is 4. The lowest BCUT2D eigenvalue weighted by atomic mass is 10.2. The minimum atomic E-state index is 0.411. The molecule has 0 radical (unpaired) electrons. The van der Waals surface area contributed by atoms with E-state index in [-0.39, 0.29) is 0 Å². The van der Waals surface area contributed by atoms with Crippen LogP contribution in [0.4, 0.5) is 23.0 Å². The number of nitrogens with one attached hydrogen (secondary N) is 2. The maximum Gasteiger partial charge on any atom is 0.211 e. The van der Waals surface area contributed by atoms with Gasteiger partial charge in [-0.3, -0.25) is 4.79 Å². The Morgan fingerprint density at radius 2 is 1.93 bits per heavy atom. The number of hydrogen-bond acceptors (Lipinski definition) is 9. The number of nitrogen functional groups attached to an aromatic ring is 1. The average molecular weight is 400 g/mol. The second-order valence-corrected chi connectivity index (χ2v) is 6.35. The molecule has 1 aromatic carbocycles. The predicted octanol–water partition coefficient (Wildman–Crippen LogP) is 0.770. The zero-order chi connectivity index (χ0) is 21.1. The molecule has 1 amide bonds. The van der Waals surface area contributed by atoms with Crippen molar-refractivity contribution in [3.63, 3.8) is 0 Å². The molecule has 0 aliphatic carbocycles. The molecule has 1 fully saturated rings. The molecular formula is C19H28N8O2. The first kappa shape index (κ1) is 21.9. The number of piperazine rings is 1. The molecule has 10 nitrogen and oxygen atoms in total. The highest BCUT2D eigenvalue weighted by molar-refractivity contribution is 5.91. The van der Waals surface area contributed by atoms with E-state index in [0.29, 0.717) is 17.8 Å². The van der Waals surface area contributed by atoms with Crippen LogP contribution in [0.15, 0.2) is 35.7 Å². The number of nitrogens with zero attached hydrogens (tertiary/aromatic N) is 5. The predicted molar refractivity (Wildman–Crippen MR) is 117 cm³/mol. The zero-order valence-electron chi connectivity index (χ0n) is 17.0. The third-order valence-corrected chi connectivity index (χ3v) is 4.21. The molecule has 1 aliphatic rings. The van der Waals surface area contributed by atoms with Gasteiger partial charge in [0.1, 0.15) is 25.1 Å². The molecule has 0 saturated carbocycles. The van der Waals surface area contributed by atoms with Gasteiger partial charge in [0, 0.05) is 51.6 Å². The SMILES string of the molecule is CN(C)c1ccc(NC=O)cc1.CON=Cc1c(N)ncnc1N1CCNCC1. The maximum absolute atomic E-state index is 10.1. The quantitative estimate of drug-likeness (QED) is 0.369. The Morgan fingerprint density at radius 1 is 1.24 bits per heavy atom. The molecule has 2 aromatic rings. The summed E-state index contributed by atoms with van der Waals surface area (Å²) in [5.41, 5.74) is 8.47. The van der Waals surface area contributed by atoms with Gasteiger partial charge in [0.25, 0.3) is 0 Å². The van der Waals surface area contributed by atoms with Crippen LogP contribution < -0.4 is 26.2 Å². The van der Waals surface area contributed by atoms with Gasteiger partial charge in [0.05, 0.1) is 11.8 Å². The number of aromatic nitrogens is 2. The molecular weight excluding hydrogens is 372 g/mol. The van der Waals surface area contributed by atoms with Crippen molar-refractivity contribution >= 4 is 35.6 Å². The van der Waals surface area contributed by atoms with E-state index in [2.05, 4.69) is 35.5 Å². The Hall–Kier alpha value is -3.40. The fraction of sp³-hybridized carbons (Fsp3) is 0.368. The molecule has 1 aromatic heterocycles. The van der Waals surface area contributed by atoms with Crippen LogP contribution in [0.25, 0.3) is 0 Å². The molecule has 0 unspecified atom stereocenters. The standard InChI is InChI=1S/C10H16N6O.C9H12N2O/c1-17-15-6-8-9(11)13-7-14-10(8)16-4-2-12-3-5-16;1-11(2)9-5-3-8(4-6-9)10-7-12/h6-7,12H,2-5H2,1H3,(H2,11,13,14);3-7H,1-2H3,(H,10,12). The van der Waals surface area contributed by atoms with Gasteiger partial charge in [0.2, 0.25) is 6.41 Å². The fourth-order valence-corrected chi connectivity index (χ4v) is 2.68. The van der Waals surface area contributed by atoms with Crippen molar-refractivity contribution in [3.8, 4) is 0 Å². The lowest BCUT2D eigenvalue weighted by Crippen LogP contribution is -2.44.